The van der Waals surface area contributed by atoms with Crippen LogP contribution in [0.15, 0.2) is 18.2 Å². The first-order valence-corrected chi connectivity index (χ1v) is 6.65. The van der Waals surface area contributed by atoms with Crippen LogP contribution in [0.4, 0.5) is 10.1 Å². The van der Waals surface area contributed by atoms with Crippen LogP contribution in [0.1, 0.15) is 32.4 Å². The van der Waals surface area contributed by atoms with E-state index < -0.39 is 5.41 Å². The first-order chi connectivity index (χ1) is 9.15. The number of rotatable bonds is 6. The normalized spacial score (nSPS) is 13.1. The van der Waals surface area contributed by atoms with Gasteiger partial charge in [-0.15, -0.1) is 0 Å². The van der Waals surface area contributed by atoms with Crippen LogP contribution in [-0.4, -0.2) is 26.5 Å². The van der Waals surface area contributed by atoms with Gasteiger partial charge < -0.3 is 16.0 Å². The van der Waals surface area contributed by atoms with E-state index in [4.69, 9.17) is 5.73 Å². The molecule has 0 aliphatic rings. The summed E-state index contributed by atoms with van der Waals surface area (Å²) in [6.07, 6.45) is 0. The predicted molar refractivity (Wildman–Crippen MR) is 80.1 cm³/mol. The molecular weight excluding hydrogens is 257 g/mol. The summed E-state index contributed by atoms with van der Waals surface area (Å²) >= 11 is 0. The minimum absolute atomic E-state index is 0.00775. The van der Waals surface area contributed by atoms with Crippen LogP contribution in [0, 0.1) is 11.2 Å². The molecule has 0 radical (unpaired) electrons. The number of nitrogens with zero attached hydrogens (tertiary/aromatic N) is 1. The summed E-state index contributed by atoms with van der Waals surface area (Å²) < 4.78 is 13.3. The van der Waals surface area contributed by atoms with E-state index in [1.54, 1.807) is 19.9 Å². The molecule has 1 amide bonds. The second kappa shape index (κ2) is 6.22. The fourth-order valence-electron chi connectivity index (χ4n) is 1.88. The van der Waals surface area contributed by atoms with Crippen molar-refractivity contribution < 1.29 is 9.18 Å². The summed E-state index contributed by atoms with van der Waals surface area (Å²) in [5, 5.41) is 3.29. The Labute approximate surface area is 120 Å². The van der Waals surface area contributed by atoms with Crippen molar-refractivity contribution in [3.05, 3.63) is 29.6 Å². The Kier molecular flexibility index (Phi) is 5.11. The second-order valence-corrected chi connectivity index (χ2v) is 5.95. The van der Waals surface area contributed by atoms with Crippen molar-refractivity contribution in [2.45, 2.75) is 26.8 Å². The molecule has 1 aromatic carbocycles. The molecule has 0 bridgehead atoms. The lowest BCUT2D eigenvalue weighted by Crippen LogP contribution is -2.41. The SMILES string of the molecule is C[C@@H](NCC(C)(C)C(N)=O)c1ccc(F)cc1N(C)C. The monoisotopic (exact) mass is 281 g/mol. The third-order valence-corrected chi connectivity index (χ3v) is 3.46. The van der Waals surface area contributed by atoms with E-state index in [1.165, 1.54) is 12.1 Å². The molecule has 0 aromatic heterocycles. The second-order valence-electron chi connectivity index (χ2n) is 5.95. The minimum atomic E-state index is -0.618. The van der Waals surface area contributed by atoms with Crippen LogP contribution >= 0.6 is 0 Å². The van der Waals surface area contributed by atoms with Crippen LogP contribution in [-0.2, 0) is 4.79 Å². The van der Waals surface area contributed by atoms with Crippen molar-refractivity contribution in [3.63, 3.8) is 0 Å². The molecule has 0 unspecified atom stereocenters. The lowest BCUT2D eigenvalue weighted by molar-refractivity contribution is -0.125. The third kappa shape index (κ3) is 3.93. The van der Waals surface area contributed by atoms with Gasteiger partial charge in [0.25, 0.3) is 0 Å². The van der Waals surface area contributed by atoms with Gasteiger partial charge >= 0.3 is 0 Å². The Morgan fingerprint density at radius 3 is 2.55 bits per heavy atom. The van der Waals surface area contributed by atoms with E-state index >= 15 is 0 Å². The molecule has 20 heavy (non-hydrogen) atoms. The van der Waals surface area contributed by atoms with Crippen molar-refractivity contribution in [3.8, 4) is 0 Å². The largest absolute Gasteiger partial charge is 0.377 e. The summed E-state index contributed by atoms with van der Waals surface area (Å²) in [4.78, 5) is 13.2. The molecule has 3 N–H and O–H groups in total. The fourth-order valence-corrected chi connectivity index (χ4v) is 1.88. The number of anilines is 1. The molecule has 112 valence electrons. The van der Waals surface area contributed by atoms with Crippen molar-refractivity contribution in [2.75, 3.05) is 25.5 Å². The van der Waals surface area contributed by atoms with E-state index in [2.05, 4.69) is 5.32 Å². The van der Waals surface area contributed by atoms with Crippen LogP contribution in [0.2, 0.25) is 0 Å². The summed E-state index contributed by atoms with van der Waals surface area (Å²) in [5.41, 5.74) is 6.54. The van der Waals surface area contributed by atoms with Crippen molar-refractivity contribution in [1.82, 2.24) is 5.32 Å². The molecular formula is C15H24FN3O. The number of carbonyl (C=O) groups is 1. The van der Waals surface area contributed by atoms with Crippen molar-refractivity contribution in [1.29, 1.82) is 0 Å². The Morgan fingerprint density at radius 1 is 1.45 bits per heavy atom. The fraction of sp³-hybridized carbons (Fsp3) is 0.533. The van der Waals surface area contributed by atoms with Gasteiger partial charge in [0, 0.05) is 32.4 Å². The lowest BCUT2D eigenvalue weighted by atomic mass is 9.92. The molecule has 5 heteroatoms. The minimum Gasteiger partial charge on any atom is -0.377 e. The zero-order valence-electron chi connectivity index (χ0n) is 12.8. The predicted octanol–water partition coefficient (Wildman–Crippen LogP) is 2.05. The van der Waals surface area contributed by atoms with Crippen molar-refractivity contribution >= 4 is 11.6 Å². The molecule has 0 heterocycles. The van der Waals surface area contributed by atoms with Crippen LogP contribution in [0.3, 0.4) is 0 Å². The summed E-state index contributed by atoms with van der Waals surface area (Å²) in [7, 11) is 3.75. The molecule has 0 fully saturated rings. The number of nitrogens with two attached hydrogens (primary N) is 1. The quantitative estimate of drug-likeness (QED) is 0.839. The highest BCUT2D eigenvalue weighted by atomic mass is 19.1. The maximum atomic E-state index is 13.3. The number of hydrogen-bond acceptors (Lipinski definition) is 3. The Bertz CT molecular complexity index is 486. The Hall–Kier alpha value is -1.62. The summed E-state index contributed by atoms with van der Waals surface area (Å²) in [6, 6.07) is 4.71. The van der Waals surface area contributed by atoms with E-state index in [0.29, 0.717) is 6.54 Å². The topological polar surface area (TPSA) is 58.4 Å². The molecule has 0 saturated heterocycles. The maximum Gasteiger partial charge on any atom is 0.224 e. The number of primary amides is 1. The van der Waals surface area contributed by atoms with Gasteiger partial charge in [0.05, 0.1) is 5.41 Å². The molecule has 0 aliphatic heterocycles. The van der Waals surface area contributed by atoms with Gasteiger partial charge in [0.2, 0.25) is 5.91 Å². The highest BCUT2D eigenvalue weighted by Gasteiger charge is 2.25. The van der Waals surface area contributed by atoms with Crippen LogP contribution in [0.25, 0.3) is 0 Å². The Morgan fingerprint density at radius 2 is 2.05 bits per heavy atom. The molecule has 0 aliphatic carbocycles. The number of amides is 1. The number of hydrogen-bond donors (Lipinski definition) is 2. The van der Waals surface area contributed by atoms with Gasteiger partial charge in [-0.25, -0.2) is 4.39 Å². The van der Waals surface area contributed by atoms with Crippen LogP contribution in [0.5, 0.6) is 0 Å². The summed E-state index contributed by atoms with van der Waals surface area (Å²) in [5.74, 6) is -0.605. The highest BCUT2D eigenvalue weighted by Crippen LogP contribution is 2.26. The van der Waals surface area contributed by atoms with Gasteiger partial charge in [0.15, 0.2) is 0 Å². The highest BCUT2D eigenvalue weighted by molar-refractivity contribution is 5.80. The zero-order chi connectivity index (χ0) is 15.5. The van der Waals surface area contributed by atoms with Crippen LogP contribution < -0.4 is 16.0 Å². The standard InChI is InChI=1S/C15H24FN3O/c1-10(18-9-15(2,3)14(17)20)12-7-6-11(16)8-13(12)19(4)5/h6-8,10,18H,9H2,1-5H3,(H2,17,20)/t10-/m1/s1. The maximum absolute atomic E-state index is 13.3. The lowest BCUT2D eigenvalue weighted by Gasteiger charge is -2.26. The Balaban J connectivity index is 2.88. The van der Waals surface area contributed by atoms with E-state index in [1.807, 2.05) is 25.9 Å². The number of carbonyl (C=O) groups excluding carboxylic acids is 1. The number of nitrogens with one attached hydrogen (secondary N) is 1. The van der Waals surface area contributed by atoms with Gasteiger partial charge in [-0.3, -0.25) is 4.79 Å². The average Bonchev–Trinajstić information content (AvgIpc) is 2.35. The van der Waals surface area contributed by atoms with Gasteiger partial charge in [-0.1, -0.05) is 6.07 Å². The molecule has 1 rings (SSSR count). The third-order valence-electron chi connectivity index (χ3n) is 3.46. The molecule has 1 atom stereocenters. The van der Waals surface area contributed by atoms with Gasteiger partial charge in [-0.05, 0) is 38.5 Å². The first-order valence-electron chi connectivity index (χ1n) is 6.65. The zero-order valence-corrected chi connectivity index (χ0v) is 12.8. The van der Waals surface area contributed by atoms with Gasteiger partial charge in [0.1, 0.15) is 5.82 Å². The first kappa shape index (κ1) is 16.4. The average molecular weight is 281 g/mol. The van der Waals surface area contributed by atoms with Crippen molar-refractivity contribution in [2.24, 2.45) is 11.1 Å². The van der Waals surface area contributed by atoms with E-state index in [0.717, 1.165) is 11.3 Å². The van der Waals surface area contributed by atoms with E-state index in [9.17, 15) is 9.18 Å². The molecule has 1 aromatic rings. The number of halogens is 1. The van der Waals surface area contributed by atoms with E-state index in [-0.39, 0.29) is 17.8 Å². The van der Waals surface area contributed by atoms with Gasteiger partial charge in [-0.2, -0.15) is 0 Å². The molecule has 0 spiro atoms. The molecule has 0 saturated carbocycles. The smallest absolute Gasteiger partial charge is 0.224 e. The summed E-state index contributed by atoms with van der Waals surface area (Å²) in [6.45, 7) is 6.05. The molecule has 4 nitrogen and oxygen atoms in total. The number of benzene rings is 1.